The molecule has 0 aliphatic carbocycles. The van der Waals surface area contributed by atoms with Gasteiger partial charge in [-0.25, -0.2) is 4.79 Å². The van der Waals surface area contributed by atoms with E-state index in [0.717, 1.165) is 12.0 Å². The van der Waals surface area contributed by atoms with E-state index in [1.54, 1.807) is 12.1 Å². The molecule has 2 N–H and O–H groups in total. The Kier molecular flexibility index (Phi) is 7.35. The van der Waals surface area contributed by atoms with Gasteiger partial charge in [0.1, 0.15) is 0 Å². The third kappa shape index (κ3) is 5.76. The van der Waals surface area contributed by atoms with Crippen molar-refractivity contribution in [2.24, 2.45) is 0 Å². The minimum Gasteiger partial charge on any atom is -0.465 e. The van der Waals surface area contributed by atoms with Gasteiger partial charge in [0, 0.05) is 32.5 Å². The summed E-state index contributed by atoms with van der Waals surface area (Å²) >= 11 is 12.1. The van der Waals surface area contributed by atoms with Crippen molar-refractivity contribution in [2.45, 2.75) is 31.8 Å². The van der Waals surface area contributed by atoms with Gasteiger partial charge < -0.3 is 20.1 Å². The molecule has 0 saturated carbocycles. The highest BCUT2D eigenvalue weighted by Crippen LogP contribution is 2.32. The molecule has 6 nitrogen and oxygen atoms in total. The zero-order valence-corrected chi connectivity index (χ0v) is 15.5. The smallest absolute Gasteiger partial charge is 0.407 e. The number of amides is 2. The quantitative estimate of drug-likeness (QED) is 0.757. The first kappa shape index (κ1) is 19.8. The van der Waals surface area contributed by atoms with Gasteiger partial charge in [-0.15, -0.1) is 0 Å². The first-order chi connectivity index (χ1) is 11.9. The van der Waals surface area contributed by atoms with E-state index in [2.05, 4.69) is 5.32 Å². The Labute approximate surface area is 157 Å². The van der Waals surface area contributed by atoms with Gasteiger partial charge in [0.25, 0.3) is 0 Å². The molecule has 1 aliphatic rings. The summed E-state index contributed by atoms with van der Waals surface area (Å²) in [5.74, 6) is -0.217. The van der Waals surface area contributed by atoms with Gasteiger partial charge in [-0.2, -0.15) is 0 Å². The average molecular weight is 389 g/mol. The Morgan fingerprint density at radius 2 is 2.12 bits per heavy atom. The Morgan fingerprint density at radius 1 is 1.36 bits per heavy atom. The van der Waals surface area contributed by atoms with Crippen molar-refractivity contribution in [2.75, 3.05) is 26.2 Å². The topological polar surface area (TPSA) is 78.9 Å². The maximum absolute atomic E-state index is 11.4. The van der Waals surface area contributed by atoms with Gasteiger partial charge in [-0.3, -0.25) is 4.79 Å². The minimum atomic E-state index is -0.965. The van der Waals surface area contributed by atoms with Crippen LogP contribution in [0.5, 0.6) is 0 Å². The van der Waals surface area contributed by atoms with Crippen LogP contribution in [0.15, 0.2) is 18.2 Å². The summed E-state index contributed by atoms with van der Waals surface area (Å²) in [5, 5.41) is 13.0. The van der Waals surface area contributed by atoms with E-state index < -0.39 is 6.09 Å². The predicted molar refractivity (Wildman–Crippen MR) is 96.5 cm³/mol. The molecular weight excluding hydrogens is 367 g/mol. The zero-order valence-electron chi connectivity index (χ0n) is 14.0. The molecule has 1 aliphatic heterocycles. The van der Waals surface area contributed by atoms with Gasteiger partial charge in [0.15, 0.2) is 0 Å². The van der Waals surface area contributed by atoms with E-state index >= 15 is 0 Å². The molecule has 1 aromatic rings. The fourth-order valence-corrected chi connectivity index (χ4v) is 3.27. The van der Waals surface area contributed by atoms with E-state index in [0.29, 0.717) is 42.7 Å². The molecular formula is C17H22Cl2N2O4. The average Bonchev–Trinajstić information content (AvgIpc) is 2.77. The van der Waals surface area contributed by atoms with Crippen LogP contribution < -0.4 is 5.32 Å². The first-order valence-electron chi connectivity index (χ1n) is 8.17. The van der Waals surface area contributed by atoms with Crippen LogP contribution in [0.2, 0.25) is 10.0 Å². The lowest BCUT2D eigenvalue weighted by molar-refractivity contribution is -0.119. The normalized spacial score (nSPS) is 20.8. The van der Waals surface area contributed by atoms with Crippen LogP contribution >= 0.6 is 23.2 Å². The second-order valence-corrected chi connectivity index (χ2v) is 6.86. The molecule has 2 atom stereocenters. The molecule has 8 heteroatoms. The van der Waals surface area contributed by atoms with E-state index in [4.69, 9.17) is 27.9 Å². The van der Waals surface area contributed by atoms with Crippen molar-refractivity contribution in [3.05, 3.63) is 33.8 Å². The summed E-state index contributed by atoms with van der Waals surface area (Å²) in [6, 6.07) is 5.34. The third-order valence-corrected chi connectivity index (χ3v) is 4.98. The number of hydrogen-bond acceptors (Lipinski definition) is 3. The van der Waals surface area contributed by atoms with Crippen molar-refractivity contribution in [3.8, 4) is 0 Å². The number of hydrogen-bond donors (Lipinski definition) is 2. The van der Waals surface area contributed by atoms with Gasteiger partial charge in [-0.05, 0) is 30.5 Å². The lowest BCUT2D eigenvalue weighted by Gasteiger charge is -2.27. The summed E-state index contributed by atoms with van der Waals surface area (Å²) in [4.78, 5) is 23.8. The molecule has 25 heavy (non-hydrogen) atoms. The Morgan fingerprint density at radius 3 is 2.76 bits per heavy atom. The van der Waals surface area contributed by atoms with Crippen molar-refractivity contribution in [3.63, 3.8) is 0 Å². The molecule has 0 unspecified atom stereocenters. The lowest BCUT2D eigenvalue weighted by Crippen LogP contribution is -2.35. The van der Waals surface area contributed by atoms with Gasteiger partial charge in [-0.1, -0.05) is 29.3 Å². The molecule has 0 bridgehead atoms. The second kappa shape index (κ2) is 9.27. The van der Waals surface area contributed by atoms with Crippen LogP contribution in [0.3, 0.4) is 0 Å². The fourth-order valence-electron chi connectivity index (χ4n) is 2.97. The zero-order chi connectivity index (χ0) is 18.4. The highest BCUT2D eigenvalue weighted by molar-refractivity contribution is 6.42. The Hall–Kier alpha value is -1.50. The van der Waals surface area contributed by atoms with E-state index in [1.807, 2.05) is 6.07 Å². The summed E-state index contributed by atoms with van der Waals surface area (Å²) in [6.45, 7) is 3.04. The molecule has 2 rings (SSSR count). The lowest BCUT2D eigenvalue weighted by atomic mass is 9.90. The monoisotopic (exact) mass is 388 g/mol. The number of nitrogens with one attached hydrogen (secondary N) is 1. The van der Waals surface area contributed by atoms with Crippen LogP contribution in [0.1, 0.15) is 31.2 Å². The summed E-state index contributed by atoms with van der Waals surface area (Å²) in [5.41, 5.74) is 0.895. The molecule has 1 saturated heterocycles. The summed E-state index contributed by atoms with van der Waals surface area (Å²) < 4.78 is 5.93. The molecule has 1 heterocycles. The number of carboxylic acid groups (broad SMARTS) is 1. The number of carbonyl (C=O) groups is 2. The third-order valence-electron chi connectivity index (χ3n) is 4.24. The number of nitrogens with zero attached hydrogens (tertiary/aromatic N) is 1. The molecule has 0 aromatic heterocycles. The second-order valence-electron chi connectivity index (χ2n) is 6.04. The SMILES string of the molecule is CC(=O)NCCC[C@H]1OCCN(C(=O)O)C[C@@H]1c1ccc(Cl)c(Cl)c1. The van der Waals surface area contributed by atoms with Crippen LogP contribution in [-0.2, 0) is 9.53 Å². The van der Waals surface area contributed by atoms with E-state index in [1.165, 1.54) is 11.8 Å². The van der Waals surface area contributed by atoms with Crippen LogP contribution in [-0.4, -0.2) is 54.4 Å². The largest absolute Gasteiger partial charge is 0.465 e. The van der Waals surface area contributed by atoms with E-state index in [9.17, 15) is 14.7 Å². The Balaban J connectivity index is 2.16. The maximum Gasteiger partial charge on any atom is 0.407 e. The number of ether oxygens (including phenoxy) is 1. The van der Waals surface area contributed by atoms with Crippen molar-refractivity contribution < 1.29 is 19.4 Å². The van der Waals surface area contributed by atoms with Crippen LogP contribution in [0, 0.1) is 0 Å². The van der Waals surface area contributed by atoms with Gasteiger partial charge in [0.2, 0.25) is 5.91 Å². The van der Waals surface area contributed by atoms with Crippen molar-refractivity contribution >= 4 is 35.2 Å². The minimum absolute atomic E-state index is 0.0696. The first-order valence-corrected chi connectivity index (χ1v) is 8.93. The predicted octanol–water partition coefficient (Wildman–Crippen LogP) is 3.37. The van der Waals surface area contributed by atoms with Gasteiger partial charge in [0.05, 0.1) is 22.8 Å². The van der Waals surface area contributed by atoms with Crippen molar-refractivity contribution in [1.82, 2.24) is 10.2 Å². The molecule has 138 valence electrons. The van der Waals surface area contributed by atoms with Crippen LogP contribution in [0.4, 0.5) is 4.79 Å². The number of benzene rings is 1. The summed E-state index contributed by atoms with van der Waals surface area (Å²) in [7, 11) is 0. The van der Waals surface area contributed by atoms with Gasteiger partial charge >= 0.3 is 6.09 Å². The maximum atomic E-state index is 11.4. The number of halogens is 2. The fraction of sp³-hybridized carbons (Fsp3) is 0.529. The highest BCUT2D eigenvalue weighted by Gasteiger charge is 2.31. The molecule has 0 spiro atoms. The molecule has 0 radical (unpaired) electrons. The summed E-state index contributed by atoms with van der Waals surface area (Å²) in [6.07, 6.45) is 0.330. The standard InChI is InChI=1S/C17H22Cl2N2O4/c1-11(22)20-6-2-3-16-13(10-21(17(23)24)7-8-25-16)12-4-5-14(18)15(19)9-12/h4-5,9,13,16H,2-3,6-8,10H2,1H3,(H,20,22)(H,23,24)/t13-,16-/m1/s1. The molecule has 1 fully saturated rings. The number of rotatable bonds is 5. The highest BCUT2D eigenvalue weighted by atomic mass is 35.5. The van der Waals surface area contributed by atoms with E-state index in [-0.39, 0.29) is 17.9 Å². The van der Waals surface area contributed by atoms with Crippen LogP contribution in [0.25, 0.3) is 0 Å². The molecule has 2 amide bonds. The van der Waals surface area contributed by atoms with Crippen molar-refractivity contribution in [1.29, 1.82) is 0 Å². The number of carbonyl (C=O) groups excluding carboxylic acids is 1. The molecule has 1 aromatic carbocycles. The Bertz CT molecular complexity index is 627.